The van der Waals surface area contributed by atoms with Crippen LogP contribution in [-0.4, -0.2) is 9.70 Å². The third kappa shape index (κ3) is 5.79. The van der Waals surface area contributed by atoms with Crippen LogP contribution in [0.1, 0.15) is 27.2 Å². The van der Waals surface area contributed by atoms with E-state index in [4.69, 9.17) is 23.2 Å². The molecular formula is C10H14Br2Cl2. The zero-order valence-corrected chi connectivity index (χ0v) is 13.1. The van der Waals surface area contributed by atoms with Gasteiger partial charge in [-0.2, -0.15) is 0 Å². The van der Waals surface area contributed by atoms with Crippen LogP contribution < -0.4 is 0 Å². The summed E-state index contributed by atoms with van der Waals surface area (Å²) < 4.78 is 0. The van der Waals surface area contributed by atoms with Gasteiger partial charge in [-0.3, -0.25) is 0 Å². The Labute approximate surface area is 113 Å². The minimum Gasteiger partial charge on any atom is -0.119 e. The molecule has 0 spiro atoms. The third-order valence-electron chi connectivity index (χ3n) is 1.85. The standard InChI is InChI=1S/C10H14Br2Cl2/c1-7(8(13)6-11)4-5-9(12)10(2,3)14/h4,6,9H,5H2,1-3H3/b7-4-,8-6+. The van der Waals surface area contributed by atoms with Gasteiger partial charge in [0.05, 0.1) is 9.91 Å². The number of hydrogen-bond donors (Lipinski definition) is 0. The van der Waals surface area contributed by atoms with Crippen LogP contribution in [0.4, 0.5) is 0 Å². The van der Waals surface area contributed by atoms with Crippen LogP contribution in [-0.2, 0) is 0 Å². The van der Waals surface area contributed by atoms with Crippen molar-refractivity contribution in [2.75, 3.05) is 0 Å². The summed E-state index contributed by atoms with van der Waals surface area (Å²) in [6.07, 6.45) is 2.93. The van der Waals surface area contributed by atoms with E-state index in [1.54, 1.807) is 4.99 Å². The Balaban J connectivity index is 4.30. The lowest BCUT2D eigenvalue weighted by Gasteiger charge is -2.21. The smallest absolute Gasteiger partial charge is 0.0518 e. The highest BCUT2D eigenvalue weighted by atomic mass is 79.9. The van der Waals surface area contributed by atoms with Gasteiger partial charge in [0.2, 0.25) is 0 Å². The molecule has 1 unspecified atom stereocenters. The summed E-state index contributed by atoms with van der Waals surface area (Å²) in [6, 6.07) is 0. The minimum atomic E-state index is -0.249. The summed E-state index contributed by atoms with van der Waals surface area (Å²) in [5, 5.41) is 0.720. The van der Waals surface area contributed by atoms with Gasteiger partial charge in [0.15, 0.2) is 0 Å². The maximum absolute atomic E-state index is 6.15. The first kappa shape index (κ1) is 15.0. The van der Waals surface area contributed by atoms with E-state index < -0.39 is 0 Å². The first-order valence-corrected chi connectivity index (χ1v) is 6.83. The number of alkyl halides is 2. The molecule has 0 saturated heterocycles. The highest BCUT2D eigenvalue weighted by Crippen LogP contribution is 2.28. The summed E-state index contributed by atoms with van der Waals surface area (Å²) in [7, 11) is 0. The van der Waals surface area contributed by atoms with E-state index in [1.165, 1.54) is 0 Å². The van der Waals surface area contributed by atoms with Crippen LogP contribution >= 0.6 is 55.1 Å². The Hall–Kier alpha value is 1.02. The monoisotopic (exact) mass is 362 g/mol. The minimum absolute atomic E-state index is 0.242. The zero-order chi connectivity index (χ0) is 11.4. The first-order valence-electron chi connectivity index (χ1n) is 4.25. The molecule has 14 heavy (non-hydrogen) atoms. The number of hydrogen-bond acceptors (Lipinski definition) is 0. The molecule has 0 amide bonds. The fraction of sp³-hybridized carbons (Fsp3) is 0.600. The molecule has 0 heterocycles. The topological polar surface area (TPSA) is 0 Å². The molecule has 82 valence electrons. The Morgan fingerprint density at radius 2 is 2.00 bits per heavy atom. The normalized spacial score (nSPS) is 17.1. The van der Waals surface area contributed by atoms with Gasteiger partial charge >= 0.3 is 0 Å². The van der Waals surface area contributed by atoms with Gasteiger partial charge in [-0.05, 0) is 32.8 Å². The van der Waals surface area contributed by atoms with Crippen molar-refractivity contribution in [2.24, 2.45) is 0 Å². The van der Waals surface area contributed by atoms with Crippen molar-refractivity contribution in [1.82, 2.24) is 0 Å². The highest BCUT2D eigenvalue weighted by Gasteiger charge is 2.23. The van der Waals surface area contributed by atoms with Gasteiger partial charge in [-0.15, -0.1) is 11.6 Å². The van der Waals surface area contributed by atoms with Crippen LogP contribution in [0, 0.1) is 0 Å². The Kier molecular flexibility index (Phi) is 7.05. The van der Waals surface area contributed by atoms with Gasteiger partial charge < -0.3 is 0 Å². The Morgan fingerprint density at radius 3 is 2.36 bits per heavy atom. The van der Waals surface area contributed by atoms with Crippen molar-refractivity contribution < 1.29 is 0 Å². The quantitative estimate of drug-likeness (QED) is 0.451. The molecule has 0 saturated carbocycles. The van der Waals surface area contributed by atoms with E-state index in [9.17, 15) is 0 Å². The Bertz CT molecular complexity index is 239. The van der Waals surface area contributed by atoms with Crippen molar-refractivity contribution in [1.29, 1.82) is 0 Å². The van der Waals surface area contributed by atoms with Gasteiger partial charge in [0.1, 0.15) is 0 Å². The first-order chi connectivity index (χ1) is 6.29. The second kappa shape index (κ2) is 6.57. The van der Waals surface area contributed by atoms with Crippen LogP contribution in [0.2, 0.25) is 0 Å². The molecule has 0 N–H and O–H groups in total. The molecule has 0 aliphatic carbocycles. The van der Waals surface area contributed by atoms with Crippen LogP contribution in [0.15, 0.2) is 21.7 Å². The predicted octanol–water partition coefficient (Wildman–Crippen LogP) is 5.58. The van der Waals surface area contributed by atoms with E-state index in [1.807, 2.05) is 20.8 Å². The molecule has 0 rings (SSSR count). The van der Waals surface area contributed by atoms with Gasteiger partial charge in [-0.25, -0.2) is 0 Å². The van der Waals surface area contributed by atoms with Crippen molar-refractivity contribution in [2.45, 2.75) is 36.9 Å². The number of rotatable bonds is 4. The van der Waals surface area contributed by atoms with E-state index in [-0.39, 0.29) is 9.70 Å². The van der Waals surface area contributed by atoms with Crippen LogP contribution in [0.25, 0.3) is 0 Å². The van der Waals surface area contributed by atoms with E-state index in [2.05, 4.69) is 37.9 Å². The summed E-state index contributed by atoms with van der Waals surface area (Å²) in [6.45, 7) is 5.94. The van der Waals surface area contributed by atoms with E-state index >= 15 is 0 Å². The van der Waals surface area contributed by atoms with Gasteiger partial charge in [0, 0.05) is 9.81 Å². The second-order valence-corrected chi connectivity index (χ2v) is 6.56. The third-order valence-corrected chi connectivity index (χ3v) is 5.02. The lowest BCUT2D eigenvalue weighted by atomic mass is 10.1. The maximum Gasteiger partial charge on any atom is 0.0518 e. The summed E-state index contributed by atoms with van der Waals surface area (Å²) >= 11 is 18.8. The van der Waals surface area contributed by atoms with Crippen LogP contribution in [0.3, 0.4) is 0 Å². The van der Waals surface area contributed by atoms with Crippen molar-refractivity contribution >= 4 is 55.1 Å². The molecule has 0 aliphatic heterocycles. The molecule has 0 aromatic carbocycles. The Morgan fingerprint density at radius 1 is 1.50 bits per heavy atom. The van der Waals surface area contributed by atoms with Crippen molar-refractivity contribution in [3.05, 3.63) is 21.7 Å². The fourth-order valence-corrected chi connectivity index (χ4v) is 1.46. The molecular weight excluding hydrogens is 351 g/mol. The molecule has 0 fully saturated rings. The van der Waals surface area contributed by atoms with Gasteiger partial charge in [0.25, 0.3) is 0 Å². The lowest BCUT2D eigenvalue weighted by molar-refractivity contribution is 0.662. The number of allylic oxidation sites excluding steroid dienone is 3. The van der Waals surface area contributed by atoms with E-state index in [0.717, 1.165) is 17.0 Å². The lowest BCUT2D eigenvalue weighted by Crippen LogP contribution is -2.23. The summed E-state index contributed by atoms with van der Waals surface area (Å²) in [5.41, 5.74) is 1.05. The predicted molar refractivity (Wildman–Crippen MR) is 73.9 cm³/mol. The molecule has 0 aliphatic rings. The van der Waals surface area contributed by atoms with E-state index in [0.29, 0.717) is 0 Å². The molecule has 0 radical (unpaired) electrons. The average Bonchev–Trinajstić information content (AvgIpc) is 2.10. The van der Waals surface area contributed by atoms with Crippen molar-refractivity contribution in [3.8, 4) is 0 Å². The highest BCUT2D eigenvalue weighted by molar-refractivity contribution is 9.11. The van der Waals surface area contributed by atoms with Crippen LogP contribution in [0.5, 0.6) is 0 Å². The van der Waals surface area contributed by atoms with Crippen molar-refractivity contribution in [3.63, 3.8) is 0 Å². The summed E-state index contributed by atoms with van der Waals surface area (Å²) in [5.74, 6) is 0. The fourth-order valence-electron chi connectivity index (χ4n) is 0.744. The summed E-state index contributed by atoms with van der Waals surface area (Å²) in [4.78, 5) is 1.70. The second-order valence-electron chi connectivity index (χ2n) is 3.61. The molecule has 4 heteroatoms. The molecule has 1 atom stereocenters. The van der Waals surface area contributed by atoms with Gasteiger partial charge in [-0.1, -0.05) is 49.5 Å². The molecule has 0 aromatic heterocycles. The maximum atomic E-state index is 6.15. The molecule has 0 aromatic rings. The zero-order valence-electron chi connectivity index (χ0n) is 8.45. The number of halogens is 4. The molecule has 0 nitrogen and oxygen atoms in total. The SMILES string of the molecule is CC(=C/CC(Br)C(C)(C)Cl)/C(Cl)=C\Br. The molecule has 0 bridgehead atoms. The largest absolute Gasteiger partial charge is 0.119 e. The average molecular weight is 365 g/mol.